The summed E-state index contributed by atoms with van der Waals surface area (Å²) in [7, 11) is 0. The van der Waals surface area contributed by atoms with Gasteiger partial charge in [-0.2, -0.15) is 0 Å². The molecule has 1 aromatic heterocycles. The molecule has 0 atom stereocenters. The lowest BCUT2D eigenvalue weighted by Gasteiger charge is -2.19. The lowest BCUT2D eigenvalue weighted by atomic mass is 9.85. The van der Waals surface area contributed by atoms with E-state index < -0.39 is 0 Å². The Morgan fingerprint density at radius 1 is 0.588 bits per heavy atom. The molecule has 34 heavy (non-hydrogen) atoms. The average molecular weight is 434 g/mol. The Kier molecular flexibility index (Phi) is 4.35. The summed E-state index contributed by atoms with van der Waals surface area (Å²) in [6.07, 6.45) is 6.75. The summed E-state index contributed by atoms with van der Waals surface area (Å²) in [5.74, 6) is 0. The molecule has 0 unspecified atom stereocenters. The first kappa shape index (κ1) is 19.3. The summed E-state index contributed by atoms with van der Waals surface area (Å²) in [6, 6.07) is 37.3. The third-order valence-electron chi connectivity index (χ3n) is 7.10. The Hall–Kier alpha value is -4.23. The van der Waals surface area contributed by atoms with Crippen LogP contribution in [0.2, 0.25) is 0 Å². The average Bonchev–Trinajstić information content (AvgIpc) is 2.91. The van der Waals surface area contributed by atoms with Crippen LogP contribution in [0.3, 0.4) is 0 Å². The zero-order valence-electron chi connectivity index (χ0n) is 18.8. The number of allylic oxidation sites excluding steroid dienone is 1. The van der Waals surface area contributed by atoms with Crippen LogP contribution < -0.4 is 0 Å². The van der Waals surface area contributed by atoms with Gasteiger partial charge in [-0.15, -0.1) is 0 Å². The Balaban J connectivity index is 1.58. The molecule has 160 valence electrons. The molecule has 0 aliphatic heterocycles. The van der Waals surface area contributed by atoms with Crippen LogP contribution in [0.5, 0.6) is 0 Å². The number of aromatic nitrogens is 1. The molecule has 1 nitrogen and oxygen atoms in total. The fourth-order valence-corrected chi connectivity index (χ4v) is 5.51. The van der Waals surface area contributed by atoms with Crippen LogP contribution in [0.25, 0.3) is 60.9 Å². The number of fused-ring (bicyclic) bond motifs is 4. The first-order chi connectivity index (χ1) is 16.9. The minimum Gasteiger partial charge on any atom is -0.248 e. The van der Waals surface area contributed by atoms with E-state index in [1.807, 2.05) is 0 Å². The Morgan fingerprint density at radius 3 is 2.03 bits per heavy atom. The maximum absolute atomic E-state index is 5.10. The minimum absolute atomic E-state index is 1.02. The summed E-state index contributed by atoms with van der Waals surface area (Å²) < 4.78 is 0. The third kappa shape index (κ3) is 2.98. The summed E-state index contributed by atoms with van der Waals surface area (Å²) in [5, 5.41) is 6.21. The molecule has 7 rings (SSSR count). The van der Waals surface area contributed by atoms with Gasteiger partial charge in [0.05, 0.1) is 11.2 Å². The second-order valence-corrected chi connectivity index (χ2v) is 9.08. The number of rotatable bonds is 2. The topological polar surface area (TPSA) is 12.9 Å². The predicted molar refractivity (Wildman–Crippen MR) is 145 cm³/mol. The fraction of sp³-hybridized carbons (Fsp3) is 0.0606. The minimum atomic E-state index is 1.02. The summed E-state index contributed by atoms with van der Waals surface area (Å²) >= 11 is 0. The summed E-state index contributed by atoms with van der Waals surface area (Å²) in [6.45, 7) is 0. The highest BCUT2D eigenvalue weighted by Gasteiger charge is 2.18. The largest absolute Gasteiger partial charge is 0.248 e. The first-order valence-corrected chi connectivity index (χ1v) is 12.0. The SMILES string of the molecule is C1=Cc2ccc(-c3c4ccccc4c(-c4ccc5ccccc5n4)c4ccccc34)cc2CC1. The quantitative estimate of drug-likeness (QED) is 0.249. The number of hydrogen-bond donors (Lipinski definition) is 0. The molecule has 0 bridgehead atoms. The standard InChI is InChI=1S/C33H23N/c1-2-11-24-21-25(18-17-22(24)9-1)32-26-12-4-6-14-28(26)33(29-15-7-5-13-27(29)32)31-20-19-23-10-3-8-16-30(23)34-31/h1,3-10,12-21H,2,11H2. The van der Waals surface area contributed by atoms with Crippen molar-refractivity contribution in [3.63, 3.8) is 0 Å². The smallest absolute Gasteiger partial charge is 0.0722 e. The van der Waals surface area contributed by atoms with E-state index in [9.17, 15) is 0 Å². The fourth-order valence-electron chi connectivity index (χ4n) is 5.51. The molecule has 0 amide bonds. The van der Waals surface area contributed by atoms with Crippen LogP contribution in [0.15, 0.2) is 109 Å². The van der Waals surface area contributed by atoms with Gasteiger partial charge in [-0.25, -0.2) is 4.98 Å². The van der Waals surface area contributed by atoms with Gasteiger partial charge in [-0.1, -0.05) is 103 Å². The normalized spacial score (nSPS) is 12.9. The van der Waals surface area contributed by atoms with E-state index in [1.54, 1.807) is 0 Å². The second-order valence-electron chi connectivity index (χ2n) is 9.08. The van der Waals surface area contributed by atoms with Crippen molar-refractivity contribution in [3.05, 3.63) is 120 Å². The molecular formula is C33H23N. The monoisotopic (exact) mass is 433 g/mol. The van der Waals surface area contributed by atoms with Crippen molar-refractivity contribution in [1.82, 2.24) is 4.98 Å². The third-order valence-corrected chi connectivity index (χ3v) is 7.10. The van der Waals surface area contributed by atoms with Crippen molar-refractivity contribution < 1.29 is 0 Å². The van der Waals surface area contributed by atoms with E-state index in [-0.39, 0.29) is 0 Å². The highest BCUT2D eigenvalue weighted by molar-refractivity contribution is 6.21. The zero-order chi connectivity index (χ0) is 22.5. The van der Waals surface area contributed by atoms with Crippen molar-refractivity contribution in [2.75, 3.05) is 0 Å². The molecule has 6 aromatic rings. The molecule has 1 heteroatoms. The summed E-state index contributed by atoms with van der Waals surface area (Å²) in [5.41, 5.74) is 8.65. The van der Waals surface area contributed by atoms with Crippen molar-refractivity contribution in [2.45, 2.75) is 12.8 Å². The van der Waals surface area contributed by atoms with E-state index in [0.717, 1.165) is 24.1 Å². The molecule has 0 saturated carbocycles. The maximum Gasteiger partial charge on any atom is 0.0722 e. The van der Waals surface area contributed by atoms with E-state index in [0.29, 0.717) is 0 Å². The van der Waals surface area contributed by atoms with Crippen LogP contribution >= 0.6 is 0 Å². The van der Waals surface area contributed by atoms with Crippen molar-refractivity contribution in [3.8, 4) is 22.4 Å². The lowest BCUT2D eigenvalue weighted by molar-refractivity contribution is 0.986. The van der Waals surface area contributed by atoms with E-state index in [4.69, 9.17) is 4.98 Å². The number of hydrogen-bond acceptors (Lipinski definition) is 1. The van der Waals surface area contributed by atoms with E-state index in [1.165, 1.54) is 54.7 Å². The van der Waals surface area contributed by atoms with Crippen LogP contribution in [0, 0.1) is 0 Å². The maximum atomic E-state index is 5.10. The summed E-state index contributed by atoms with van der Waals surface area (Å²) in [4.78, 5) is 5.10. The van der Waals surface area contributed by atoms with Gasteiger partial charge in [0.15, 0.2) is 0 Å². The Labute approximate surface area is 199 Å². The zero-order valence-corrected chi connectivity index (χ0v) is 18.8. The van der Waals surface area contributed by atoms with Crippen LogP contribution in [0.1, 0.15) is 17.5 Å². The van der Waals surface area contributed by atoms with Gasteiger partial charge in [-0.05, 0) is 68.8 Å². The van der Waals surface area contributed by atoms with Gasteiger partial charge in [0.2, 0.25) is 0 Å². The Morgan fingerprint density at radius 2 is 1.26 bits per heavy atom. The molecule has 0 spiro atoms. The number of benzene rings is 5. The number of nitrogens with zero attached hydrogens (tertiary/aromatic N) is 1. The van der Waals surface area contributed by atoms with E-state index in [2.05, 4.69) is 115 Å². The molecule has 0 saturated heterocycles. The van der Waals surface area contributed by atoms with Gasteiger partial charge in [0.1, 0.15) is 0 Å². The van der Waals surface area contributed by atoms with Crippen molar-refractivity contribution in [1.29, 1.82) is 0 Å². The Bertz CT molecular complexity index is 1700. The van der Waals surface area contributed by atoms with Gasteiger partial charge in [0, 0.05) is 10.9 Å². The molecule has 0 radical (unpaired) electrons. The molecule has 1 aliphatic carbocycles. The number of para-hydroxylation sites is 1. The second kappa shape index (κ2) is 7.67. The highest BCUT2D eigenvalue weighted by Crippen LogP contribution is 2.43. The molecule has 1 aliphatic rings. The molecule has 1 heterocycles. The predicted octanol–water partition coefficient (Wildman–Crippen LogP) is 8.83. The first-order valence-electron chi connectivity index (χ1n) is 12.0. The highest BCUT2D eigenvalue weighted by atomic mass is 14.7. The number of pyridine rings is 1. The van der Waals surface area contributed by atoms with Gasteiger partial charge >= 0.3 is 0 Å². The van der Waals surface area contributed by atoms with Crippen molar-refractivity contribution in [2.24, 2.45) is 0 Å². The van der Waals surface area contributed by atoms with Crippen molar-refractivity contribution >= 4 is 38.5 Å². The van der Waals surface area contributed by atoms with Gasteiger partial charge in [-0.3, -0.25) is 0 Å². The van der Waals surface area contributed by atoms with Crippen LogP contribution in [-0.2, 0) is 6.42 Å². The van der Waals surface area contributed by atoms with Gasteiger partial charge < -0.3 is 0 Å². The number of aryl methyl sites for hydroxylation is 1. The van der Waals surface area contributed by atoms with Crippen LogP contribution in [-0.4, -0.2) is 4.98 Å². The van der Waals surface area contributed by atoms with Crippen LogP contribution in [0.4, 0.5) is 0 Å². The van der Waals surface area contributed by atoms with E-state index >= 15 is 0 Å². The molecule has 0 N–H and O–H groups in total. The molecular weight excluding hydrogens is 410 g/mol. The molecule has 0 fully saturated rings. The van der Waals surface area contributed by atoms with Gasteiger partial charge in [0.25, 0.3) is 0 Å². The lowest BCUT2D eigenvalue weighted by Crippen LogP contribution is -1.96. The molecule has 5 aromatic carbocycles.